The minimum absolute atomic E-state index is 0.0804. The standard InChI is InChI=1S/C23H27FN6O/c1-29(2)21(17-9-6-10-18(24)15-17)23(31)25-19-11-13-20(14-12-19)30-27-22(26-28-30)16-7-4-3-5-8-16/h3-10,15,19-21H,11-14H2,1-2H3,(H,25,31). The van der Waals surface area contributed by atoms with Gasteiger partial charge < -0.3 is 5.32 Å². The third-order valence-electron chi connectivity index (χ3n) is 5.76. The van der Waals surface area contributed by atoms with Crippen molar-refractivity contribution in [2.75, 3.05) is 14.1 Å². The van der Waals surface area contributed by atoms with E-state index in [4.69, 9.17) is 0 Å². The van der Waals surface area contributed by atoms with Crippen LogP contribution in [-0.4, -0.2) is 51.2 Å². The molecule has 0 radical (unpaired) electrons. The van der Waals surface area contributed by atoms with Crippen LogP contribution in [0.4, 0.5) is 4.39 Å². The number of rotatable bonds is 6. The van der Waals surface area contributed by atoms with Gasteiger partial charge in [0, 0.05) is 11.6 Å². The molecule has 1 unspecified atom stereocenters. The zero-order valence-corrected chi connectivity index (χ0v) is 17.8. The molecule has 1 fully saturated rings. The molecule has 0 saturated heterocycles. The highest BCUT2D eigenvalue weighted by molar-refractivity contribution is 5.83. The average Bonchev–Trinajstić information content (AvgIpc) is 3.25. The summed E-state index contributed by atoms with van der Waals surface area (Å²) in [7, 11) is 3.65. The Hall–Kier alpha value is -3.13. The van der Waals surface area contributed by atoms with Crippen LogP contribution >= 0.6 is 0 Å². The lowest BCUT2D eigenvalue weighted by molar-refractivity contribution is -0.126. The first-order chi connectivity index (χ1) is 15.0. The molecule has 7 nitrogen and oxygen atoms in total. The van der Waals surface area contributed by atoms with Gasteiger partial charge in [-0.2, -0.15) is 4.80 Å². The van der Waals surface area contributed by atoms with Crippen LogP contribution in [0.5, 0.6) is 0 Å². The van der Waals surface area contributed by atoms with Crippen LogP contribution < -0.4 is 5.32 Å². The van der Waals surface area contributed by atoms with Gasteiger partial charge in [-0.25, -0.2) is 4.39 Å². The van der Waals surface area contributed by atoms with Gasteiger partial charge in [-0.15, -0.1) is 10.2 Å². The number of amides is 1. The fourth-order valence-corrected chi connectivity index (χ4v) is 4.17. The smallest absolute Gasteiger partial charge is 0.242 e. The topological polar surface area (TPSA) is 75.9 Å². The Labute approximate surface area is 181 Å². The van der Waals surface area contributed by atoms with Gasteiger partial charge in [-0.05, 0) is 62.7 Å². The number of hydrogen-bond acceptors (Lipinski definition) is 5. The van der Waals surface area contributed by atoms with Gasteiger partial charge in [0.2, 0.25) is 11.7 Å². The van der Waals surface area contributed by atoms with Crippen molar-refractivity contribution in [3.8, 4) is 11.4 Å². The maximum atomic E-state index is 13.7. The molecule has 1 amide bonds. The highest BCUT2D eigenvalue weighted by Gasteiger charge is 2.29. The summed E-state index contributed by atoms with van der Waals surface area (Å²) in [5.74, 6) is 0.178. The number of likely N-dealkylation sites (N-methyl/N-ethyl adjacent to an activating group) is 1. The fraction of sp³-hybridized carbons (Fsp3) is 0.391. The van der Waals surface area contributed by atoms with Gasteiger partial charge in [0.05, 0.1) is 6.04 Å². The molecule has 0 bridgehead atoms. The number of carbonyl (C=O) groups is 1. The number of aromatic nitrogens is 4. The normalized spacial score (nSPS) is 19.9. The zero-order chi connectivity index (χ0) is 21.8. The molecule has 2 aromatic carbocycles. The number of tetrazole rings is 1. The van der Waals surface area contributed by atoms with E-state index >= 15 is 0 Å². The first-order valence-corrected chi connectivity index (χ1v) is 10.6. The van der Waals surface area contributed by atoms with E-state index in [1.54, 1.807) is 21.8 Å². The van der Waals surface area contributed by atoms with Crippen molar-refractivity contribution in [1.82, 2.24) is 30.4 Å². The minimum Gasteiger partial charge on any atom is -0.352 e. The number of nitrogens with one attached hydrogen (secondary N) is 1. The zero-order valence-electron chi connectivity index (χ0n) is 17.8. The average molecular weight is 423 g/mol. The van der Waals surface area contributed by atoms with Crippen LogP contribution in [0.25, 0.3) is 11.4 Å². The number of nitrogens with zero attached hydrogens (tertiary/aromatic N) is 5. The molecule has 0 aliphatic heterocycles. The second-order valence-corrected chi connectivity index (χ2v) is 8.23. The largest absolute Gasteiger partial charge is 0.352 e. The van der Waals surface area contributed by atoms with Crippen molar-refractivity contribution < 1.29 is 9.18 Å². The molecule has 162 valence electrons. The lowest BCUT2D eigenvalue weighted by Gasteiger charge is -2.31. The Balaban J connectivity index is 1.35. The van der Waals surface area contributed by atoms with Crippen molar-refractivity contribution in [3.05, 3.63) is 66.0 Å². The van der Waals surface area contributed by atoms with Gasteiger partial charge in [-0.1, -0.05) is 42.5 Å². The van der Waals surface area contributed by atoms with E-state index in [1.807, 2.05) is 44.4 Å². The molecule has 1 N–H and O–H groups in total. The van der Waals surface area contributed by atoms with Gasteiger partial charge >= 0.3 is 0 Å². The number of benzene rings is 2. The van der Waals surface area contributed by atoms with Crippen molar-refractivity contribution in [3.63, 3.8) is 0 Å². The molecule has 4 rings (SSSR count). The van der Waals surface area contributed by atoms with Gasteiger partial charge in [0.25, 0.3) is 0 Å². The Kier molecular flexibility index (Phi) is 6.36. The van der Waals surface area contributed by atoms with Crippen molar-refractivity contribution in [1.29, 1.82) is 0 Å². The number of carbonyl (C=O) groups excluding carboxylic acids is 1. The van der Waals surface area contributed by atoms with Crippen molar-refractivity contribution >= 4 is 5.91 Å². The van der Waals surface area contributed by atoms with E-state index in [0.29, 0.717) is 11.4 Å². The molecule has 1 saturated carbocycles. The van der Waals surface area contributed by atoms with E-state index < -0.39 is 6.04 Å². The monoisotopic (exact) mass is 422 g/mol. The summed E-state index contributed by atoms with van der Waals surface area (Å²) in [6, 6.07) is 15.7. The van der Waals surface area contributed by atoms with Crippen molar-refractivity contribution in [2.24, 2.45) is 0 Å². The maximum absolute atomic E-state index is 13.7. The van der Waals surface area contributed by atoms with Crippen LogP contribution in [0.3, 0.4) is 0 Å². The second-order valence-electron chi connectivity index (χ2n) is 8.23. The highest BCUT2D eigenvalue weighted by atomic mass is 19.1. The summed E-state index contributed by atoms with van der Waals surface area (Å²) >= 11 is 0. The van der Waals surface area contributed by atoms with Gasteiger partial charge in [-0.3, -0.25) is 9.69 Å². The molecule has 3 aromatic rings. The quantitative estimate of drug-likeness (QED) is 0.659. The SMILES string of the molecule is CN(C)C(C(=O)NC1CCC(n2nnc(-c3ccccc3)n2)CC1)c1cccc(F)c1. The molecular formula is C23H27FN6O. The van der Waals surface area contributed by atoms with Crippen LogP contribution in [0, 0.1) is 5.82 Å². The summed E-state index contributed by atoms with van der Waals surface area (Å²) in [6.45, 7) is 0. The van der Waals surface area contributed by atoms with Gasteiger partial charge in [0.1, 0.15) is 11.9 Å². The number of hydrogen-bond donors (Lipinski definition) is 1. The van der Waals surface area contributed by atoms with E-state index in [9.17, 15) is 9.18 Å². The maximum Gasteiger partial charge on any atom is 0.242 e. The molecule has 1 atom stereocenters. The van der Waals surface area contributed by atoms with Crippen LogP contribution in [0.2, 0.25) is 0 Å². The summed E-state index contributed by atoms with van der Waals surface area (Å²) in [6.07, 6.45) is 3.40. The van der Waals surface area contributed by atoms with Crippen LogP contribution in [0.1, 0.15) is 43.3 Å². The van der Waals surface area contributed by atoms with Crippen LogP contribution in [0.15, 0.2) is 54.6 Å². The second kappa shape index (κ2) is 9.34. The fourth-order valence-electron chi connectivity index (χ4n) is 4.17. The Morgan fingerprint density at radius 2 is 1.84 bits per heavy atom. The summed E-state index contributed by atoms with van der Waals surface area (Å²) in [4.78, 5) is 16.5. The highest BCUT2D eigenvalue weighted by Crippen LogP contribution is 2.29. The van der Waals surface area contributed by atoms with E-state index in [1.165, 1.54) is 12.1 Å². The predicted octanol–water partition coefficient (Wildman–Crippen LogP) is 3.38. The summed E-state index contributed by atoms with van der Waals surface area (Å²) in [5.41, 5.74) is 1.60. The Bertz CT molecular complexity index is 1010. The Morgan fingerprint density at radius 3 is 2.52 bits per heavy atom. The molecule has 1 aromatic heterocycles. The molecule has 1 aliphatic rings. The molecular weight excluding hydrogens is 395 g/mol. The Morgan fingerprint density at radius 1 is 1.10 bits per heavy atom. The third-order valence-corrected chi connectivity index (χ3v) is 5.76. The molecule has 0 spiro atoms. The first-order valence-electron chi connectivity index (χ1n) is 10.6. The summed E-state index contributed by atoms with van der Waals surface area (Å²) < 4.78 is 13.7. The number of halogens is 1. The molecule has 1 aliphatic carbocycles. The van der Waals surface area contributed by atoms with E-state index in [2.05, 4.69) is 20.7 Å². The molecule has 1 heterocycles. The first kappa shape index (κ1) is 21.1. The lowest BCUT2D eigenvalue weighted by atomic mass is 9.91. The molecule has 31 heavy (non-hydrogen) atoms. The minimum atomic E-state index is -0.529. The van der Waals surface area contributed by atoms with E-state index in [-0.39, 0.29) is 23.8 Å². The van der Waals surface area contributed by atoms with Crippen LogP contribution in [-0.2, 0) is 4.79 Å². The molecule has 8 heteroatoms. The third kappa shape index (κ3) is 4.96. The predicted molar refractivity (Wildman–Crippen MR) is 116 cm³/mol. The van der Waals surface area contributed by atoms with Crippen molar-refractivity contribution in [2.45, 2.75) is 43.8 Å². The lowest BCUT2D eigenvalue weighted by Crippen LogP contribution is -2.44. The van der Waals surface area contributed by atoms with Gasteiger partial charge in [0.15, 0.2) is 0 Å². The van der Waals surface area contributed by atoms with E-state index in [0.717, 1.165) is 31.2 Å². The summed E-state index contributed by atoms with van der Waals surface area (Å²) in [5, 5.41) is 16.1.